The Balaban J connectivity index is 2.18. The standard InChI is InChI=1S/C13H17ClN2O2S2/c1-13(5-2-6-13)8-16-20(17,18)11-4-3-9(12(15)19)7-10(11)14/h3-4,7,16H,2,5-6,8H2,1H3,(H2,15,19). The maximum absolute atomic E-state index is 12.3. The van der Waals surface area contributed by atoms with Crippen LogP contribution in [-0.2, 0) is 10.0 Å². The van der Waals surface area contributed by atoms with Crippen LogP contribution in [0.15, 0.2) is 23.1 Å². The Morgan fingerprint density at radius 3 is 2.60 bits per heavy atom. The second-order valence-electron chi connectivity index (χ2n) is 5.50. The van der Waals surface area contributed by atoms with E-state index in [1.165, 1.54) is 12.1 Å². The zero-order valence-corrected chi connectivity index (χ0v) is 13.5. The molecule has 20 heavy (non-hydrogen) atoms. The molecule has 2 rings (SSSR count). The zero-order chi connectivity index (χ0) is 15.0. The van der Waals surface area contributed by atoms with E-state index in [9.17, 15) is 8.42 Å². The summed E-state index contributed by atoms with van der Waals surface area (Å²) in [5, 5.41) is 0.126. The highest BCUT2D eigenvalue weighted by molar-refractivity contribution is 7.89. The quantitative estimate of drug-likeness (QED) is 0.812. The summed E-state index contributed by atoms with van der Waals surface area (Å²) in [5.74, 6) is 0. The molecule has 0 aromatic heterocycles. The molecule has 0 amide bonds. The molecule has 0 unspecified atom stereocenters. The van der Waals surface area contributed by atoms with Gasteiger partial charge in [-0.3, -0.25) is 0 Å². The van der Waals surface area contributed by atoms with E-state index in [-0.39, 0.29) is 20.3 Å². The van der Waals surface area contributed by atoms with E-state index in [0.717, 1.165) is 19.3 Å². The van der Waals surface area contributed by atoms with Gasteiger partial charge in [0, 0.05) is 12.1 Å². The highest BCUT2D eigenvalue weighted by Crippen LogP contribution is 2.39. The van der Waals surface area contributed by atoms with Gasteiger partial charge in [0.15, 0.2) is 0 Å². The Morgan fingerprint density at radius 2 is 2.15 bits per heavy atom. The monoisotopic (exact) mass is 332 g/mol. The minimum absolute atomic E-state index is 0.0575. The van der Waals surface area contributed by atoms with Crippen LogP contribution in [0.5, 0.6) is 0 Å². The smallest absolute Gasteiger partial charge is 0.242 e. The number of rotatable bonds is 5. The Bertz CT molecular complexity index is 640. The van der Waals surface area contributed by atoms with Gasteiger partial charge in [-0.15, -0.1) is 0 Å². The number of halogens is 1. The molecular weight excluding hydrogens is 316 g/mol. The first-order chi connectivity index (χ1) is 9.23. The Labute approximate surface area is 129 Å². The largest absolute Gasteiger partial charge is 0.389 e. The maximum Gasteiger partial charge on any atom is 0.242 e. The number of nitrogens with two attached hydrogens (primary N) is 1. The summed E-state index contributed by atoms with van der Waals surface area (Å²) in [4.78, 5) is 0.243. The molecule has 1 aromatic carbocycles. The van der Waals surface area contributed by atoms with Gasteiger partial charge in [-0.1, -0.05) is 43.2 Å². The van der Waals surface area contributed by atoms with Gasteiger partial charge in [0.1, 0.15) is 9.88 Å². The molecule has 7 heteroatoms. The molecule has 110 valence electrons. The third kappa shape index (κ3) is 3.31. The van der Waals surface area contributed by atoms with E-state index >= 15 is 0 Å². The topological polar surface area (TPSA) is 72.2 Å². The molecule has 1 aromatic rings. The van der Waals surface area contributed by atoms with Crippen molar-refractivity contribution in [3.8, 4) is 0 Å². The third-order valence-corrected chi connectivity index (χ3v) is 5.88. The molecule has 0 heterocycles. The average molecular weight is 333 g/mol. The van der Waals surface area contributed by atoms with E-state index < -0.39 is 10.0 Å². The molecule has 0 radical (unpaired) electrons. The predicted octanol–water partition coefficient (Wildman–Crippen LogP) is 2.44. The van der Waals surface area contributed by atoms with Gasteiger partial charge in [-0.2, -0.15) is 0 Å². The van der Waals surface area contributed by atoms with Crippen LogP contribution < -0.4 is 10.5 Å². The van der Waals surface area contributed by atoms with Crippen LogP contribution in [0, 0.1) is 5.41 Å². The van der Waals surface area contributed by atoms with Crippen LogP contribution >= 0.6 is 23.8 Å². The summed E-state index contributed by atoms with van der Waals surface area (Å²) in [6.45, 7) is 2.51. The fourth-order valence-electron chi connectivity index (χ4n) is 2.18. The molecule has 0 spiro atoms. The van der Waals surface area contributed by atoms with E-state index in [0.29, 0.717) is 12.1 Å². The van der Waals surface area contributed by atoms with Crippen molar-refractivity contribution < 1.29 is 8.42 Å². The van der Waals surface area contributed by atoms with Crippen LogP contribution in [0.3, 0.4) is 0 Å². The summed E-state index contributed by atoms with van der Waals surface area (Å²) in [7, 11) is -3.61. The Hall–Kier alpha value is -0.690. The molecule has 4 nitrogen and oxygen atoms in total. The van der Waals surface area contributed by atoms with Gasteiger partial charge >= 0.3 is 0 Å². The van der Waals surface area contributed by atoms with Crippen molar-refractivity contribution in [1.29, 1.82) is 0 Å². The molecule has 1 saturated carbocycles. The second kappa shape index (κ2) is 5.60. The summed E-state index contributed by atoms with van der Waals surface area (Å²) < 4.78 is 27.2. The lowest BCUT2D eigenvalue weighted by atomic mass is 9.71. The molecule has 0 bridgehead atoms. The molecule has 0 aliphatic heterocycles. The predicted molar refractivity (Wildman–Crippen MR) is 84.5 cm³/mol. The fourth-order valence-corrected chi connectivity index (χ4v) is 4.05. The lowest BCUT2D eigenvalue weighted by Crippen LogP contribution is -2.39. The van der Waals surface area contributed by atoms with E-state index in [4.69, 9.17) is 29.6 Å². The SMILES string of the molecule is CC1(CNS(=O)(=O)c2ccc(C(N)=S)cc2Cl)CCC1. The molecule has 0 atom stereocenters. The number of hydrogen-bond acceptors (Lipinski definition) is 3. The van der Waals surface area contributed by atoms with Crippen molar-refractivity contribution >= 4 is 38.8 Å². The highest BCUT2D eigenvalue weighted by Gasteiger charge is 2.33. The zero-order valence-electron chi connectivity index (χ0n) is 11.1. The van der Waals surface area contributed by atoms with E-state index in [1.54, 1.807) is 6.07 Å². The number of thiocarbonyl (C=S) groups is 1. The number of nitrogens with one attached hydrogen (secondary N) is 1. The van der Waals surface area contributed by atoms with Crippen LogP contribution in [0.1, 0.15) is 31.7 Å². The number of sulfonamides is 1. The van der Waals surface area contributed by atoms with Crippen LogP contribution in [0.25, 0.3) is 0 Å². The van der Waals surface area contributed by atoms with Crippen molar-refractivity contribution in [1.82, 2.24) is 4.72 Å². The van der Waals surface area contributed by atoms with E-state index in [1.807, 2.05) is 0 Å². The molecule has 1 aliphatic carbocycles. The number of hydrogen-bond donors (Lipinski definition) is 2. The first-order valence-corrected chi connectivity index (χ1v) is 8.59. The van der Waals surface area contributed by atoms with Crippen LogP contribution in [0.4, 0.5) is 0 Å². The minimum atomic E-state index is -3.61. The first kappa shape index (κ1) is 15.7. The van der Waals surface area contributed by atoms with Crippen molar-refractivity contribution in [3.63, 3.8) is 0 Å². The summed E-state index contributed by atoms with van der Waals surface area (Å²) in [5.41, 5.74) is 6.11. The van der Waals surface area contributed by atoms with Crippen molar-refractivity contribution in [2.75, 3.05) is 6.54 Å². The lowest BCUT2D eigenvalue weighted by molar-refractivity contribution is 0.166. The van der Waals surface area contributed by atoms with Crippen LogP contribution in [-0.4, -0.2) is 20.0 Å². The summed E-state index contributed by atoms with van der Waals surface area (Å²) in [6, 6.07) is 4.47. The van der Waals surface area contributed by atoms with Crippen molar-refractivity contribution in [2.45, 2.75) is 31.1 Å². The summed E-state index contributed by atoms with van der Waals surface area (Å²) >= 11 is 10.9. The van der Waals surface area contributed by atoms with Crippen molar-refractivity contribution in [3.05, 3.63) is 28.8 Å². The van der Waals surface area contributed by atoms with E-state index in [2.05, 4.69) is 11.6 Å². The van der Waals surface area contributed by atoms with Crippen LogP contribution in [0.2, 0.25) is 5.02 Å². The van der Waals surface area contributed by atoms with Gasteiger partial charge in [0.25, 0.3) is 0 Å². The molecule has 1 aliphatic rings. The second-order valence-corrected chi connectivity index (χ2v) is 8.08. The van der Waals surface area contributed by atoms with Gasteiger partial charge in [-0.05, 0) is 30.4 Å². The van der Waals surface area contributed by atoms with Gasteiger partial charge in [0.05, 0.1) is 5.02 Å². The third-order valence-electron chi connectivity index (χ3n) is 3.76. The molecule has 3 N–H and O–H groups in total. The minimum Gasteiger partial charge on any atom is -0.389 e. The van der Waals surface area contributed by atoms with Gasteiger partial charge in [-0.25, -0.2) is 13.1 Å². The Kier molecular flexibility index (Phi) is 4.39. The Morgan fingerprint density at radius 1 is 1.50 bits per heavy atom. The van der Waals surface area contributed by atoms with Gasteiger partial charge < -0.3 is 5.73 Å². The molecular formula is C13H17ClN2O2S2. The lowest BCUT2D eigenvalue weighted by Gasteiger charge is -2.38. The van der Waals surface area contributed by atoms with Crippen molar-refractivity contribution in [2.24, 2.45) is 11.1 Å². The first-order valence-electron chi connectivity index (χ1n) is 6.33. The number of benzene rings is 1. The summed E-state index contributed by atoms with van der Waals surface area (Å²) in [6.07, 6.45) is 3.24. The fraction of sp³-hybridized carbons (Fsp3) is 0.462. The van der Waals surface area contributed by atoms with Gasteiger partial charge in [0.2, 0.25) is 10.0 Å². The molecule has 0 saturated heterocycles. The molecule has 1 fully saturated rings. The maximum atomic E-state index is 12.3. The average Bonchev–Trinajstić information content (AvgIpc) is 2.33. The highest BCUT2D eigenvalue weighted by atomic mass is 35.5. The normalized spacial score (nSPS) is 17.5.